The van der Waals surface area contributed by atoms with Gasteiger partial charge in [-0.2, -0.15) is 0 Å². The second kappa shape index (κ2) is 5.68. The van der Waals surface area contributed by atoms with E-state index in [0.717, 1.165) is 11.1 Å². The van der Waals surface area contributed by atoms with Crippen LogP contribution in [0.3, 0.4) is 0 Å². The molecule has 2 heteroatoms. The highest BCUT2D eigenvalue weighted by Gasteiger charge is 2.05. The van der Waals surface area contributed by atoms with Crippen molar-refractivity contribution < 1.29 is 4.42 Å². The van der Waals surface area contributed by atoms with Gasteiger partial charge >= 0.3 is 0 Å². The monoisotopic (exact) mass is 274 g/mol. The Labute approximate surface area is 123 Å². The van der Waals surface area contributed by atoms with E-state index in [1.807, 2.05) is 55.5 Å². The lowest BCUT2D eigenvalue weighted by Crippen LogP contribution is -2.08. The fraction of sp³-hybridized carbons (Fsp3) is 0.105. The number of hydrogen-bond acceptors (Lipinski definition) is 2. The van der Waals surface area contributed by atoms with Crippen LogP contribution in [0.5, 0.6) is 0 Å². The van der Waals surface area contributed by atoms with Gasteiger partial charge in [0.1, 0.15) is 5.58 Å². The van der Waals surface area contributed by atoms with Crippen molar-refractivity contribution >= 4 is 11.0 Å². The lowest BCUT2D eigenvalue weighted by Gasteiger charge is -2.00. The minimum absolute atomic E-state index is 0.00214. The van der Waals surface area contributed by atoms with Gasteiger partial charge in [0.05, 0.1) is 11.6 Å². The molecule has 0 aliphatic rings. The van der Waals surface area contributed by atoms with Crippen LogP contribution in [0.4, 0.5) is 0 Å². The molecule has 3 aromatic rings. The highest BCUT2D eigenvalue weighted by atomic mass is 16.3. The summed E-state index contributed by atoms with van der Waals surface area (Å²) in [5.41, 5.74) is 3.20. The van der Waals surface area contributed by atoms with Crippen molar-refractivity contribution in [2.45, 2.75) is 13.3 Å². The van der Waals surface area contributed by atoms with Gasteiger partial charge in [0.25, 0.3) is 0 Å². The summed E-state index contributed by atoms with van der Waals surface area (Å²) in [7, 11) is 0. The summed E-state index contributed by atoms with van der Waals surface area (Å²) in [4.78, 5) is 12.4. The summed E-state index contributed by atoms with van der Waals surface area (Å²) in [6, 6.07) is 15.3. The lowest BCUT2D eigenvalue weighted by atomic mass is 10.1. The fourth-order valence-corrected chi connectivity index (χ4v) is 2.17. The fourth-order valence-electron chi connectivity index (χ4n) is 2.17. The SMILES string of the molecule is Cc1ccc2occ(CC#Cc3ccccc3)c(=O)c2c1. The molecule has 0 aliphatic heterocycles. The van der Waals surface area contributed by atoms with Gasteiger partial charge < -0.3 is 4.42 Å². The predicted octanol–water partition coefficient (Wildman–Crippen LogP) is 3.70. The summed E-state index contributed by atoms with van der Waals surface area (Å²) < 4.78 is 5.51. The van der Waals surface area contributed by atoms with E-state index in [-0.39, 0.29) is 5.43 Å². The maximum atomic E-state index is 12.4. The third kappa shape index (κ3) is 2.88. The number of hydrogen-bond donors (Lipinski definition) is 0. The van der Waals surface area contributed by atoms with Gasteiger partial charge in [0.2, 0.25) is 0 Å². The van der Waals surface area contributed by atoms with E-state index in [2.05, 4.69) is 11.8 Å². The van der Waals surface area contributed by atoms with Gasteiger partial charge in [-0.3, -0.25) is 4.79 Å². The van der Waals surface area contributed by atoms with Gasteiger partial charge in [-0.1, -0.05) is 41.7 Å². The zero-order valence-corrected chi connectivity index (χ0v) is 11.7. The maximum absolute atomic E-state index is 12.4. The Balaban J connectivity index is 1.94. The van der Waals surface area contributed by atoms with Crippen LogP contribution in [0.2, 0.25) is 0 Å². The Morgan fingerprint density at radius 2 is 1.90 bits per heavy atom. The zero-order valence-electron chi connectivity index (χ0n) is 11.7. The minimum atomic E-state index is 0.00214. The van der Waals surface area contributed by atoms with E-state index >= 15 is 0 Å². The van der Waals surface area contributed by atoms with Crippen molar-refractivity contribution in [2.24, 2.45) is 0 Å². The second-order valence-electron chi connectivity index (χ2n) is 4.93. The number of rotatable bonds is 1. The molecule has 0 N–H and O–H groups in total. The summed E-state index contributed by atoms with van der Waals surface area (Å²) in [5.74, 6) is 6.08. The number of benzene rings is 2. The molecule has 0 bridgehead atoms. The Kier molecular flexibility index (Phi) is 3.57. The first kappa shape index (κ1) is 13.2. The van der Waals surface area contributed by atoms with E-state index in [1.54, 1.807) is 0 Å². The van der Waals surface area contributed by atoms with Gasteiger partial charge in [-0.25, -0.2) is 0 Å². The summed E-state index contributed by atoms with van der Waals surface area (Å²) in [6.07, 6.45) is 1.90. The first-order valence-electron chi connectivity index (χ1n) is 6.79. The van der Waals surface area contributed by atoms with Crippen LogP contribution >= 0.6 is 0 Å². The third-order valence-electron chi connectivity index (χ3n) is 3.28. The largest absolute Gasteiger partial charge is 0.464 e. The molecule has 0 saturated heterocycles. The Bertz CT molecular complexity index is 893. The number of aryl methyl sites for hydroxylation is 1. The molecular formula is C19H14O2. The average molecular weight is 274 g/mol. The van der Waals surface area contributed by atoms with E-state index < -0.39 is 0 Å². The van der Waals surface area contributed by atoms with E-state index in [1.165, 1.54) is 6.26 Å². The summed E-state index contributed by atoms with van der Waals surface area (Å²) in [6.45, 7) is 1.96. The third-order valence-corrected chi connectivity index (χ3v) is 3.28. The van der Waals surface area contributed by atoms with E-state index in [4.69, 9.17) is 4.42 Å². The van der Waals surface area contributed by atoms with Crippen molar-refractivity contribution in [1.29, 1.82) is 0 Å². The summed E-state index contributed by atoms with van der Waals surface area (Å²) >= 11 is 0. The van der Waals surface area contributed by atoms with Crippen LogP contribution in [0.15, 0.2) is 64.0 Å². The standard InChI is InChI=1S/C19H14O2/c1-14-10-11-18-17(12-14)19(20)16(13-21-18)9-5-8-15-6-3-2-4-7-15/h2-4,6-7,10-13H,9H2,1H3. The summed E-state index contributed by atoms with van der Waals surface area (Å²) in [5, 5.41) is 0.619. The van der Waals surface area contributed by atoms with Crippen molar-refractivity contribution in [1.82, 2.24) is 0 Å². The quantitative estimate of drug-likeness (QED) is 0.633. The van der Waals surface area contributed by atoms with Gasteiger partial charge in [-0.15, -0.1) is 0 Å². The molecule has 0 spiro atoms. The van der Waals surface area contributed by atoms with Crippen molar-refractivity contribution in [3.05, 3.63) is 81.7 Å². The molecule has 0 amide bonds. The molecule has 3 rings (SSSR count). The molecule has 0 atom stereocenters. The Morgan fingerprint density at radius 1 is 1.10 bits per heavy atom. The van der Waals surface area contributed by atoms with E-state index in [9.17, 15) is 4.79 Å². The normalized spacial score (nSPS) is 10.1. The molecule has 0 saturated carbocycles. The molecule has 1 heterocycles. The van der Waals surface area contributed by atoms with Crippen LogP contribution in [0.25, 0.3) is 11.0 Å². The molecule has 0 unspecified atom stereocenters. The predicted molar refractivity (Wildman–Crippen MR) is 84.2 cm³/mol. The van der Waals surface area contributed by atoms with E-state index in [0.29, 0.717) is 23.0 Å². The molecular weight excluding hydrogens is 260 g/mol. The molecule has 0 aliphatic carbocycles. The van der Waals surface area contributed by atoms with Crippen LogP contribution in [0.1, 0.15) is 16.7 Å². The highest BCUT2D eigenvalue weighted by Crippen LogP contribution is 2.13. The molecule has 0 fully saturated rings. The van der Waals surface area contributed by atoms with Gasteiger partial charge in [0.15, 0.2) is 5.43 Å². The molecule has 2 aromatic carbocycles. The Hall–Kier alpha value is -2.79. The maximum Gasteiger partial charge on any atom is 0.196 e. The molecule has 1 aromatic heterocycles. The van der Waals surface area contributed by atoms with Crippen LogP contribution in [-0.2, 0) is 6.42 Å². The minimum Gasteiger partial charge on any atom is -0.464 e. The Morgan fingerprint density at radius 3 is 2.71 bits per heavy atom. The molecule has 102 valence electrons. The van der Waals surface area contributed by atoms with Crippen LogP contribution < -0.4 is 5.43 Å². The topological polar surface area (TPSA) is 30.2 Å². The molecule has 2 nitrogen and oxygen atoms in total. The van der Waals surface area contributed by atoms with Gasteiger partial charge in [0, 0.05) is 17.5 Å². The first-order chi connectivity index (χ1) is 10.2. The molecule has 0 radical (unpaired) electrons. The number of fused-ring (bicyclic) bond motifs is 1. The van der Waals surface area contributed by atoms with Crippen LogP contribution in [0, 0.1) is 18.8 Å². The van der Waals surface area contributed by atoms with Gasteiger partial charge in [-0.05, 0) is 31.2 Å². The first-order valence-corrected chi connectivity index (χ1v) is 6.79. The molecule has 21 heavy (non-hydrogen) atoms. The zero-order chi connectivity index (χ0) is 14.7. The smallest absolute Gasteiger partial charge is 0.196 e. The second-order valence-corrected chi connectivity index (χ2v) is 4.93. The lowest BCUT2D eigenvalue weighted by molar-refractivity contribution is 0.595. The van der Waals surface area contributed by atoms with Crippen molar-refractivity contribution in [3.8, 4) is 11.8 Å². The van der Waals surface area contributed by atoms with Crippen molar-refractivity contribution in [3.63, 3.8) is 0 Å². The van der Waals surface area contributed by atoms with Crippen LogP contribution in [-0.4, -0.2) is 0 Å². The highest BCUT2D eigenvalue weighted by molar-refractivity contribution is 5.77. The average Bonchev–Trinajstić information content (AvgIpc) is 2.51. The van der Waals surface area contributed by atoms with Crippen molar-refractivity contribution in [2.75, 3.05) is 0 Å².